The van der Waals surface area contributed by atoms with Gasteiger partial charge in [0.15, 0.2) is 0 Å². The van der Waals surface area contributed by atoms with E-state index < -0.39 is 48.0 Å². The molecule has 0 saturated heterocycles. The molecule has 0 spiro atoms. The largest absolute Gasteiger partial charge is 0.508 e. The maximum absolute atomic E-state index is 11.7. The van der Waals surface area contributed by atoms with Gasteiger partial charge in [0.2, 0.25) is 0 Å². The Balaban J connectivity index is 0.000000682. The predicted octanol–water partition coefficient (Wildman–Crippen LogP) is 1.02. The van der Waals surface area contributed by atoms with Crippen LogP contribution in [0.5, 0.6) is 5.75 Å². The zero-order chi connectivity index (χ0) is 32.8. The number of rotatable bonds is 15. The first kappa shape index (κ1) is 39.1. The number of hydrogen-bond donors (Lipinski definition) is 8. The van der Waals surface area contributed by atoms with Crippen molar-refractivity contribution < 1.29 is 39.2 Å². The van der Waals surface area contributed by atoms with Gasteiger partial charge in [-0.15, -0.1) is 0 Å². The third-order valence-corrected chi connectivity index (χ3v) is 5.97. The summed E-state index contributed by atoms with van der Waals surface area (Å²) in [5.74, 6) is -3.25. The minimum absolute atomic E-state index is 0.160. The number of esters is 2. The minimum atomic E-state index is -1.02. The molecule has 13 heteroatoms. The van der Waals surface area contributed by atoms with E-state index in [1.165, 1.54) is 12.1 Å². The lowest BCUT2D eigenvalue weighted by atomic mass is 10.1. The van der Waals surface area contributed by atoms with E-state index in [0.717, 1.165) is 36.8 Å². The minimum Gasteiger partial charge on any atom is -0.508 e. The van der Waals surface area contributed by atoms with Gasteiger partial charge in [-0.1, -0.05) is 68.7 Å². The quantitative estimate of drug-likeness (QED) is 0.0801. The highest BCUT2D eigenvalue weighted by Crippen LogP contribution is 2.11. The van der Waals surface area contributed by atoms with Gasteiger partial charge in [-0.2, -0.15) is 0 Å². The smallest absolute Gasteiger partial charge is 0.330 e. The van der Waals surface area contributed by atoms with Crippen molar-refractivity contribution in [1.82, 2.24) is 0 Å². The summed E-state index contributed by atoms with van der Waals surface area (Å²) in [7, 11) is 0. The lowest BCUT2D eigenvalue weighted by molar-refractivity contribution is -0.161. The van der Waals surface area contributed by atoms with Crippen molar-refractivity contribution in [2.45, 2.75) is 82.5 Å². The van der Waals surface area contributed by atoms with Crippen LogP contribution in [0.3, 0.4) is 0 Å². The first-order chi connectivity index (χ1) is 20.3. The molecule has 0 bridgehead atoms. The Morgan fingerprint density at radius 1 is 0.674 bits per heavy atom. The normalized spacial score (nSPS) is 13.1. The molecule has 43 heavy (non-hydrogen) atoms. The summed E-state index contributed by atoms with van der Waals surface area (Å²) >= 11 is 0. The Morgan fingerprint density at radius 3 is 1.67 bits per heavy atom. The van der Waals surface area contributed by atoms with Gasteiger partial charge in [-0.25, -0.2) is 9.59 Å². The van der Waals surface area contributed by atoms with Crippen molar-refractivity contribution in [3.63, 3.8) is 0 Å². The van der Waals surface area contributed by atoms with Crippen LogP contribution in [0.1, 0.15) is 56.6 Å². The zero-order valence-corrected chi connectivity index (χ0v) is 24.6. The number of unbranched alkanes of at least 4 members (excludes halogenated alkanes) is 2. The van der Waals surface area contributed by atoms with Crippen LogP contribution in [0, 0.1) is 0 Å². The third-order valence-electron chi connectivity index (χ3n) is 5.97. The molecule has 13 nitrogen and oxygen atoms in total. The highest BCUT2D eigenvalue weighted by atomic mass is 16.6. The summed E-state index contributed by atoms with van der Waals surface area (Å²) in [6, 6.07) is 12.4. The van der Waals surface area contributed by atoms with Crippen LogP contribution in [-0.4, -0.2) is 69.9 Å². The molecule has 2 rings (SSSR count). The van der Waals surface area contributed by atoms with Gasteiger partial charge in [0.1, 0.15) is 29.9 Å². The fourth-order valence-corrected chi connectivity index (χ4v) is 3.35. The Bertz CT molecular complexity index is 1090. The van der Waals surface area contributed by atoms with Crippen LogP contribution < -0.4 is 28.7 Å². The number of benzene rings is 2. The van der Waals surface area contributed by atoms with E-state index in [1.54, 1.807) is 12.1 Å². The molecule has 4 atom stereocenters. The number of aliphatic carboxylic acids is 2. The molecule has 0 aliphatic rings. The predicted molar refractivity (Wildman–Crippen MR) is 163 cm³/mol. The van der Waals surface area contributed by atoms with Gasteiger partial charge in [0.05, 0.1) is 0 Å². The summed E-state index contributed by atoms with van der Waals surface area (Å²) in [6.45, 7) is 2.55. The number of carboxylic acids is 2. The monoisotopic (exact) mass is 605 g/mol. The standard InChI is InChI=1S/C15H23N3O3.C9H11NO3.C6H13NO2/c16-9-5-4-8-12(17)14(19)21-15(20)13(18)10-11-6-2-1-3-7-11;10-8(9(12)13)5-6-1-3-7(11)4-2-6;1-2-3-4-5(7)6(8)9/h1-3,6-7,12-13H,4-5,8-10,16-18H2;1-4,8,11H,5,10H2,(H,12,13);5H,2-4,7H2,1H3,(H,8,9)/t12-,13-;8-;5-/m000/s1. The first-order valence-electron chi connectivity index (χ1n) is 14.1. The molecule has 0 amide bonds. The van der Waals surface area contributed by atoms with Gasteiger partial charge in [-0.3, -0.25) is 9.59 Å². The zero-order valence-electron chi connectivity index (χ0n) is 24.6. The lowest BCUT2D eigenvalue weighted by Gasteiger charge is -2.13. The van der Waals surface area contributed by atoms with Crippen LogP contribution in [0.4, 0.5) is 0 Å². The SMILES string of the molecule is CCCC[C@H](N)C(=O)O.NCCCC[C@H](N)C(=O)OC(=O)[C@@H](N)Cc1ccccc1.N[C@@H](Cc1ccc(O)cc1)C(=O)O. The van der Waals surface area contributed by atoms with Crippen LogP contribution in [0.2, 0.25) is 0 Å². The summed E-state index contributed by atoms with van der Waals surface area (Å²) in [6.07, 6.45) is 5.02. The van der Waals surface area contributed by atoms with Crippen molar-refractivity contribution >= 4 is 23.9 Å². The average molecular weight is 606 g/mol. The summed E-state index contributed by atoms with van der Waals surface area (Å²) in [5, 5.41) is 25.8. The first-order valence-corrected chi connectivity index (χ1v) is 14.1. The number of phenolic OH excluding ortho intramolecular Hbond substituents is 1. The third kappa shape index (κ3) is 19.0. The fraction of sp³-hybridized carbons (Fsp3) is 0.467. The molecule has 2 aromatic carbocycles. The molecule has 0 radical (unpaired) electrons. The van der Waals surface area contributed by atoms with Gasteiger partial charge in [0.25, 0.3) is 0 Å². The molecular formula is C30H47N5O8. The van der Waals surface area contributed by atoms with Gasteiger partial charge in [0, 0.05) is 0 Å². The van der Waals surface area contributed by atoms with Crippen molar-refractivity contribution in [1.29, 1.82) is 0 Å². The molecule has 0 unspecified atom stereocenters. The molecule has 2 aromatic rings. The van der Waals surface area contributed by atoms with Crippen LogP contribution in [0.25, 0.3) is 0 Å². The van der Waals surface area contributed by atoms with Gasteiger partial charge < -0.3 is 48.7 Å². The maximum Gasteiger partial charge on any atom is 0.330 e. The summed E-state index contributed by atoms with van der Waals surface area (Å²) in [5.41, 5.74) is 29.0. The maximum atomic E-state index is 11.7. The molecule has 240 valence electrons. The molecule has 0 fully saturated rings. The van der Waals surface area contributed by atoms with Crippen molar-refractivity contribution in [3.8, 4) is 5.75 Å². The van der Waals surface area contributed by atoms with E-state index in [0.29, 0.717) is 25.8 Å². The van der Waals surface area contributed by atoms with Gasteiger partial charge >= 0.3 is 23.9 Å². The van der Waals surface area contributed by atoms with E-state index in [-0.39, 0.29) is 12.2 Å². The summed E-state index contributed by atoms with van der Waals surface area (Å²) in [4.78, 5) is 43.9. The van der Waals surface area contributed by atoms with Crippen molar-refractivity contribution in [3.05, 3.63) is 65.7 Å². The van der Waals surface area contributed by atoms with E-state index in [2.05, 4.69) is 0 Å². The second-order valence-corrected chi connectivity index (χ2v) is 9.83. The number of ether oxygens (including phenoxy) is 1. The molecule has 0 heterocycles. The Labute approximate surface area is 252 Å². The second-order valence-electron chi connectivity index (χ2n) is 9.83. The van der Waals surface area contributed by atoms with Crippen molar-refractivity contribution in [2.75, 3.05) is 6.54 Å². The Morgan fingerprint density at radius 2 is 1.16 bits per heavy atom. The molecule has 0 aliphatic heterocycles. The molecular weight excluding hydrogens is 558 g/mol. The number of carbonyl (C=O) groups is 4. The van der Waals surface area contributed by atoms with E-state index in [4.69, 9.17) is 48.7 Å². The number of carboxylic acid groups (broad SMARTS) is 2. The van der Waals surface area contributed by atoms with E-state index >= 15 is 0 Å². The average Bonchev–Trinajstić information content (AvgIpc) is 2.98. The Hall–Kier alpha value is -3.88. The van der Waals surface area contributed by atoms with E-state index in [9.17, 15) is 19.2 Å². The lowest BCUT2D eigenvalue weighted by Crippen LogP contribution is -2.40. The number of phenols is 1. The van der Waals surface area contributed by atoms with Gasteiger partial charge in [-0.05, 0) is 61.9 Å². The second kappa shape index (κ2) is 22.7. The molecule has 13 N–H and O–H groups in total. The molecule has 0 aliphatic carbocycles. The van der Waals surface area contributed by atoms with Crippen LogP contribution >= 0.6 is 0 Å². The van der Waals surface area contributed by atoms with Crippen molar-refractivity contribution in [2.24, 2.45) is 28.7 Å². The summed E-state index contributed by atoms with van der Waals surface area (Å²) < 4.78 is 4.72. The molecule has 0 saturated carbocycles. The van der Waals surface area contributed by atoms with Crippen LogP contribution in [-0.2, 0) is 36.8 Å². The topological polar surface area (TPSA) is 268 Å². The fourth-order valence-electron chi connectivity index (χ4n) is 3.35. The highest BCUT2D eigenvalue weighted by Gasteiger charge is 2.23. The number of hydrogen-bond acceptors (Lipinski definition) is 11. The number of aromatic hydroxyl groups is 1. The van der Waals surface area contributed by atoms with E-state index in [1.807, 2.05) is 37.3 Å². The Kier molecular flexibility index (Phi) is 20.6. The van der Waals surface area contributed by atoms with Crippen LogP contribution in [0.15, 0.2) is 54.6 Å². The number of carbonyl (C=O) groups excluding carboxylic acids is 2. The molecule has 0 aromatic heterocycles. The number of nitrogens with two attached hydrogens (primary N) is 5. The highest BCUT2D eigenvalue weighted by molar-refractivity contribution is 5.90.